The Kier molecular flexibility index (Phi) is 5.14. The van der Waals surface area contributed by atoms with E-state index in [1.54, 1.807) is 6.07 Å². The maximum atomic E-state index is 12.7. The Bertz CT molecular complexity index is 505. The van der Waals surface area contributed by atoms with Crippen LogP contribution < -0.4 is 11.3 Å². The Balaban J connectivity index is 2.20. The highest BCUT2D eigenvalue weighted by molar-refractivity contribution is 5.95. The molecule has 0 saturated carbocycles. The summed E-state index contributed by atoms with van der Waals surface area (Å²) in [6, 6.07) is 3.99. The number of pyridine rings is 1. The number of nitrogens with two attached hydrogens (primary N) is 1. The summed E-state index contributed by atoms with van der Waals surface area (Å²) in [5.74, 6) is 6.07. The molecule has 0 bridgehead atoms. The first-order chi connectivity index (χ1) is 10.0. The van der Waals surface area contributed by atoms with Crippen molar-refractivity contribution in [3.63, 3.8) is 0 Å². The zero-order chi connectivity index (χ0) is 15.4. The van der Waals surface area contributed by atoms with E-state index < -0.39 is 0 Å². The highest BCUT2D eigenvalue weighted by Crippen LogP contribution is 2.16. The largest absolute Gasteiger partial charge is 0.336 e. The number of carbonyl (C=O) groups excluding carboxylic acids is 1. The van der Waals surface area contributed by atoms with E-state index >= 15 is 0 Å². The van der Waals surface area contributed by atoms with Crippen molar-refractivity contribution in [3.8, 4) is 0 Å². The van der Waals surface area contributed by atoms with E-state index in [-0.39, 0.29) is 5.91 Å². The molecule has 1 fully saturated rings. The molecule has 2 heterocycles. The fourth-order valence-corrected chi connectivity index (χ4v) is 2.58. The second-order valence-corrected chi connectivity index (χ2v) is 5.71. The third kappa shape index (κ3) is 3.71. The van der Waals surface area contributed by atoms with Gasteiger partial charge in [-0.05, 0) is 32.5 Å². The van der Waals surface area contributed by atoms with Crippen LogP contribution in [0, 0.1) is 0 Å². The first-order valence-electron chi connectivity index (χ1n) is 7.52. The maximum absolute atomic E-state index is 12.7. The number of likely N-dealkylation sites (N-methyl/N-ethyl adjacent to an activating group) is 1. The van der Waals surface area contributed by atoms with E-state index in [1.165, 1.54) is 0 Å². The highest BCUT2D eigenvalue weighted by atomic mass is 16.2. The quantitative estimate of drug-likeness (QED) is 0.642. The fraction of sp³-hybridized carbons (Fsp3) is 0.600. The van der Waals surface area contributed by atoms with Gasteiger partial charge >= 0.3 is 0 Å². The summed E-state index contributed by atoms with van der Waals surface area (Å²) in [5.41, 5.74) is 4.12. The van der Waals surface area contributed by atoms with Gasteiger partial charge in [0.25, 0.3) is 5.91 Å². The number of anilines is 1. The minimum atomic E-state index is 0.0613. The molecular weight excluding hydrogens is 266 g/mol. The van der Waals surface area contributed by atoms with E-state index in [2.05, 4.69) is 36.2 Å². The van der Waals surface area contributed by atoms with Crippen LogP contribution in [0.25, 0.3) is 0 Å². The second-order valence-electron chi connectivity index (χ2n) is 5.71. The molecule has 116 valence electrons. The van der Waals surface area contributed by atoms with Gasteiger partial charge in [-0.25, -0.2) is 10.8 Å². The molecule has 1 amide bonds. The molecule has 1 aliphatic rings. The number of aromatic nitrogens is 1. The van der Waals surface area contributed by atoms with Gasteiger partial charge in [0.1, 0.15) is 5.82 Å². The van der Waals surface area contributed by atoms with Gasteiger partial charge in [-0.1, -0.05) is 13.3 Å². The third-order valence-electron chi connectivity index (χ3n) is 4.03. The summed E-state index contributed by atoms with van der Waals surface area (Å²) < 4.78 is 0. The van der Waals surface area contributed by atoms with Gasteiger partial charge in [0.05, 0.1) is 0 Å². The van der Waals surface area contributed by atoms with E-state index in [1.807, 2.05) is 11.0 Å². The van der Waals surface area contributed by atoms with Crippen molar-refractivity contribution in [2.24, 2.45) is 5.84 Å². The summed E-state index contributed by atoms with van der Waals surface area (Å²) >= 11 is 0. The summed E-state index contributed by atoms with van der Waals surface area (Å²) in [6.07, 6.45) is 1.83. The zero-order valence-electron chi connectivity index (χ0n) is 13.1. The molecule has 0 spiro atoms. The predicted octanol–water partition coefficient (Wildman–Crippen LogP) is 1.10. The molecular formula is C15H25N5O. The smallest absolute Gasteiger partial charge is 0.254 e. The molecule has 3 N–H and O–H groups in total. The van der Waals surface area contributed by atoms with Crippen LogP contribution in [0.1, 0.15) is 36.3 Å². The summed E-state index contributed by atoms with van der Waals surface area (Å²) in [4.78, 5) is 21.3. The van der Waals surface area contributed by atoms with Crippen LogP contribution >= 0.6 is 0 Å². The third-order valence-corrected chi connectivity index (χ3v) is 4.03. The van der Waals surface area contributed by atoms with Gasteiger partial charge in [0.15, 0.2) is 0 Å². The fourth-order valence-electron chi connectivity index (χ4n) is 2.58. The molecule has 6 heteroatoms. The van der Waals surface area contributed by atoms with Crippen molar-refractivity contribution < 1.29 is 4.79 Å². The summed E-state index contributed by atoms with van der Waals surface area (Å²) in [6.45, 7) is 6.65. The molecule has 0 radical (unpaired) electrons. The number of nitrogens with one attached hydrogen (secondary N) is 1. The number of amides is 1. The lowest BCUT2D eigenvalue weighted by Crippen LogP contribution is -2.52. The first-order valence-corrected chi connectivity index (χ1v) is 7.52. The monoisotopic (exact) mass is 291 g/mol. The van der Waals surface area contributed by atoms with Crippen LogP contribution in [0.4, 0.5) is 5.82 Å². The number of aryl methyl sites for hydroxylation is 1. The Hall–Kier alpha value is -1.66. The molecule has 1 atom stereocenters. The van der Waals surface area contributed by atoms with E-state index in [0.717, 1.165) is 38.2 Å². The number of hydrazine groups is 1. The van der Waals surface area contributed by atoms with Crippen molar-refractivity contribution >= 4 is 11.7 Å². The lowest BCUT2D eigenvalue weighted by molar-refractivity contribution is 0.0572. The molecule has 6 nitrogen and oxygen atoms in total. The number of nitrogens with zero attached hydrogens (tertiary/aromatic N) is 3. The van der Waals surface area contributed by atoms with Crippen molar-refractivity contribution in [3.05, 3.63) is 23.4 Å². The Morgan fingerprint density at radius 1 is 1.48 bits per heavy atom. The predicted molar refractivity (Wildman–Crippen MR) is 84.0 cm³/mol. The molecule has 1 saturated heterocycles. The van der Waals surface area contributed by atoms with Crippen LogP contribution in [-0.4, -0.2) is 53.4 Å². The molecule has 21 heavy (non-hydrogen) atoms. The molecule has 1 aromatic heterocycles. The van der Waals surface area contributed by atoms with Crippen molar-refractivity contribution in [2.45, 2.75) is 32.7 Å². The second kappa shape index (κ2) is 6.87. The minimum Gasteiger partial charge on any atom is -0.336 e. The number of hydrogen-bond acceptors (Lipinski definition) is 5. The topological polar surface area (TPSA) is 74.5 Å². The van der Waals surface area contributed by atoms with Crippen molar-refractivity contribution in [1.29, 1.82) is 0 Å². The molecule has 0 aliphatic carbocycles. The number of piperazine rings is 1. The van der Waals surface area contributed by atoms with E-state index in [9.17, 15) is 4.79 Å². The van der Waals surface area contributed by atoms with Crippen LogP contribution in [0.5, 0.6) is 0 Å². The van der Waals surface area contributed by atoms with Crippen LogP contribution in [0.2, 0.25) is 0 Å². The standard InChI is InChI=1S/C15H25N5O/c1-4-5-13-8-12(9-14(17-13)18-16)15(21)20-7-6-19(3)11(2)10-20/h8-9,11H,4-7,10,16H2,1-3H3,(H,17,18). The van der Waals surface area contributed by atoms with E-state index in [4.69, 9.17) is 5.84 Å². The van der Waals surface area contributed by atoms with Gasteiger partial charge < -0.3 is 15.2 Å². The number of hydrogen-bond donors (Lipinski definition) is 2. The number of carbonyl (C=O) groups is 1. The molecule has 1 aromatic rings. The highest BCUT2D eigenvalue weighted by Gasteiger charge is 2.25. The average molecular weight is 291 g/mol. The van der Waals surface area contributed by atoms with Gasteiger partial charge in [0.2, 0.25) is 0 Å². The number of rotatable bonds is 4. The average Bonchev–Trinajstić information content (AvgIpc) is 2.49. The van der Waals surface area contributed by atoms with Gasteiger partial charge in [0, 0.05) is 36.9 Å². The molecule has 1 aliphatic heterocycles. The minimum absolute atomic E-state index is 0.0613. The van der Waals surface area contributed by atoms with Crippen LogP contribution in [-0.2, 0) is 6.42 Å². The first kappa shape index (κ1) is 15.7. The molecule has 1 unspecified atom stereocenters. The summed E-state index contributed by atoms with van der Waals surface area (Å²) in [5, 5.41) is 0. The lowest BCUT2D eigenvalue weighted by Gasteiger charge is -2.37. The SMILES string of the molecule is CCCc1cc(C(=O)N2CCN(C)C(C)C2)cc(NN)n1. The van der Waals surface area contributed by atoms with Gasteiger partial charge in [-0.15, -0.1) is 0 Å². The Morgan fingerprint density at radius 2 is 2.24 bits per heavy atom. The zero-order valence-corrected chi connectivity index (χ0v) is 13.1. The summed E-state index contributed by atoms with van der Waals surface area (Å²) in [7, 11) is 2.09. The van der Waals surface area contributed by atoms with Gasteiger partial charge in [-0.2, -0.15) is 0 Å². The lowest BCUT2D eigenvalue weighted by atomic mass is 10.1. The maximum Gasteiger partial charge on any atom is 0.254 e. The number of nitrogen functional groups attached to an aromatic ring is 1. The normalized spacial score (nSPS) is 19.6. The van der Waals surface area contributed by atoms with E-state index in [0.29, 0.717) is 17.4 Å². The van der Waals surface area contributed by atoms with Crippen LogP contribution in [0.3, 0.4) is 0 Å². The molecule has 2 rings (SSSR count). The van der Waals surface area contributed by atoms with Crippen LogP contribution in [0.15, 0.2) is 12.1 Å². The Morgan fingerprint density at radius 3 is 2.86 bits per heavy atom. The Labute approximate surface area is 126 Å². The van der Waals surface area contributed by atoms with Gasteiger partial charge in [-0.3, -0.25) is 4.79 Å². The molecule has 0 aromatic carbocycles. The van der Waals surface area contributed by atoms with Crippen molar-refractivity contribution in [1.82, 2.24) is 14.8 Å². The van der Waals surface area contributed by atoms with Crippen molar-refractivity contribution in [2.75, 3.05) is 32.1 Å².